The highest BCUT2D eigenvalue weighted by Crippen LogP contribution is 2.40. The molecule has 154 valence electrons. The van der Waals surface area contributed by atoms with Crippen molar-refractivity contribution in [3.63, 3.8) is 0 Å². The van der Waals surface area contributed by atoms with Gasteiger partial charge >= 0.3 is 0 Å². The van der Waals surface area contributed by atoms with Crippen LogP contribution in [0.2, 0.25) is 47.8 Å². The van der Waals surface area contributed by atoms with E-state index in [0.717, 1.165) is 34.4 Å². The van der Waals surface area contributed by atoms with E-state index in [9.17, 15) is 0 Å². The van der Waals surface area contributed by atoms with Crippen LogP contribution in [0.1, 0.15) is 83.1 Å². The van der Waals surface area contributed by atoms with Gasteiger partial charge in [0.2, 0.25) is 0 Å². The van der Waals surface area contributed by atoms with E-state index in [1.165, 1.54) is 18.1 Å². The van der Waals surface area contributed by atoms with Crippen molar-refractivity contribution in [3.05, 3.63) is 0 Å². The molecule has 0 unspecified atom stereocenters. The Balaban J connectivity index is 0. The Hall–Kier alpha value is 0.434. The summed E-state index contributed by atoms with van der Waals surface area (Å²) in [5, 5.41) is 0. The van der Waals surface area contributed by atoms with Crippen molar-refractivity contribution >= 4 is 16.1 Å². The molecule has 0 nitrogen and oxygen atoms in total. The van der Waals surface area contributed by atoms with Gasteiger partial charge in [0.15, 0.2) is 0 Å². The molecule has 0 spiro atoms. The van der Waals surface area contributed by atoms with Crippen molar-refractivity contribution in [1.82, 2.24) is 0 Å². The van der Waals surface area contributed by atoms with Gasteiger partial charge in [0.25, 0.3) is 0 Å². The first-order chi connectivity index (χ1) is 11.1. The van der Waals surface area contributed by atoms with Crippen LogP contribution in [0.25, 0.3) is 0 Å². The summed E-state index contributed by atoms with van der Waals surface area (Å²) >= 11 is 0. The van der Waals surface area contributed by atoms with Crippen LogP contribution in [0.3, 0.4) is 0 Å². The first kappa shape index (κ1) is 27.7. The third kappa shape index (κ3) is 11.0. The van der Waals surface area contributed by atoms with E-state index >= 15 is 0 Å². The van der Waals surface area contributed by atoms with Crippen molar-refractivity contribution in [2.24, 2.45) is 17.8 Å². The second kappa shape index (κ2) is 12.0. The largest absolute Gasteiger partial charge is 0.0691 e. The molecule has 0 aromatic heterocycles. The van der Waals surface area contributed by atoms with Crippen molar-refractivity contribution in [3.8, 4) is 0 Å². The lowest BCUT2D eigenvalue weighted by molar-refractivity contribution is 0.645. The minimum atomic E-state index is -0.981. The molecule has 0 amide bonds. The van der Waals surface area contributed by atoms with E-state index in [2.05, 4.69) is 96.2 Å². The van der Waals surface area contributed by atoms with E-state index in [0.29, 0.717) is 0 Å². The molecule has 2 heteroatoms. The van der Waals surface area contributed by atoms with Crippen molar-refractivity contribution in [1.29, 1.82) is 0 Å². The summed E-state index contributed by atoms with van der Waals surface area (Å²) in [6.45, 7) is 33.8. The maximum absolute atomic E-state index is 2.62. The summed E-state index contributed by atoms with van der Waals surface area (Å²) in [5.74, 6) is 2.68. The summed E-state index contributed by atoms with van der Waals surface area (Å²) in [7, 11) is -1.92. The van der Waals surface area contributed by atoms with Gasteiger partial charge in [-0.05, 0) is 17.8 Å². The highest BCUT2D eigenvalue weighted by Gasteiger charge is 2.37. The van der Waals surface area contributed by atoms with Crippen LogP contribution >= 0.6 is 0 Å². The second-order valence-corrected chi connectivity index (χ2v) is 22.5. The fraction of sp³-hybridized carbons (Fsp3) is 1.00. The monoisotopic (exact) mass is 386 g/mol. The van der Waals surface area contributed by atoms with Crippen LogP contribution in [0.5, 0.6) is 0 Å². The topological polar surface area (TPSA) is 0 Å². The lowest BCUT2D eigenvalue weighted by Crippen LogP contribution is -2.40. The first-order valence-electron chi connectivity index (χ1n) is 11.1. The predicted molar refractivity (Wildman–Crippen MR) is 127 cm³/mol. The van der Waals surface area contributed by atoms with Crippen LogP contribution in [0.4, 0.5) is 0 Å². The van der Waals surface area contributed by atoms with E-state index in [1.54, 1.807) is 0 Å². The third-order valence-electron chi connectivity index (χ3n) is 6.44. The Morgan fingerprint density at radius 3 is 0.720 bits per heavy atom. The first-order valence-corrected chi connectivity index (χ1v) is 16.9. The summed E-state index contributed by atoms with van der Waals surface area (Å²) < 4.78 is 0. The van der Waals surface area contributed by atoms with Gasteiger partial charge in [-0.2, -0.15) is 0 Å². The lowest BCUT2D eigenvalue weighted by atomic mass is 10.2. The molecule has 0 bridgehead atoms. The Kier molecular flexibility index (Phi) is 13.3. The zero-order valence-corrected chi connectivity index (χ0v) is 22.6. The molecule has 0 N–H and O–H groups in total. The Labute approximate surface area is 165 Å². The molecular formula is C23H54Si2. The molecule has 0 heterocycles. The van der Waals surface area contributed by atoms with Gasteiger partial charge in [0, 0.05) is 0 Å². The molecule has 0 saturated carbocycles. The van der Waals surface area contributed by atoms with Gasteiger partial charge in [0.05, 0.1) is 16.1 Å². The third-order valence-corrected chi connectivity index (χ3v) is 19.3. The Bertz CT molecular complexity index is 279. The molecule has 0 fully saturated rings. The minimum absolute atomic E-state index is 0.893. The van der Waals surface area contributed by atoms with E-state index in [-0.39, 0.29) is 0 Å². The van der Waals surface area contributed by atoms with Gasteiger partial charge in [-0.25, -0.2) is 0 Å². The van der Waals surface area contributed by atoms with Crippen LogP contribution in [0, 0.1) is 17.8 Å². The number of rotatable bonds is 9. The maximum Gasteiger partial charge on any atom is 0.0581 e. The molecule has 0 aliphatic rings. The average molecular weight is 387 g/mol. The fourth-order valence-corrected chi connectivity index (χ4v) is 15.6. The zero-order valence-electron chi connectivity index (χ0n) is 20.6. The summed E-state index contributed by atoms with van der Waals surface area (Å²) in [5.41, 5.74) is 2.76. The Morgan fingerprint density at radius 1 is 0.440 bits per heavy atom. The van der Waals surface area contributed by atoms with Crippen molar-refractivity contribution < 1.29 is 0 Å². The van der Waals surface area contributed by atoms with Gasteiger partial charge < -0.3 is 0 Å². The van der Waals surface area contributed by atoms with Crippen LogP contribution in [-0.2, 0) is 0 Å². The van der Waals surface area contributed by atoms with Gasteiger partial charge in [-0.15, -0.1) is 0 Å². The summed E-state index contributed by atoms with van der Waals surface area (Å²) in [4.78, 5) is 0. The highest BCUT2D eigenvalue weighted by atomic mass is 28.3. The molecule has 0 aliphatic carbocycles. The molecular weight excluding hydrogens is 332 g/mol. The zero-order chi connectivity index (χ0) is 20.6. The molecule has 0 saturated heterocycles. The quantitative estimate of drug-likeness (QED) is 0.346. The number of hydrogen-bond acceptors (Lipinski definition) is 0. The predicted octanol–water partition coefficient (Wildman–Crippen LogP) is 9.33. The summed E-state index contributed by atoms with van der Waals surface area (Å²) in [6, 6.07) is 4.55. The highest BCUT2D eigenvalue weighted by molar-refractivity contribution is 6.82. The van der Waals surface area contributed by atoms with Crippen LogP contribution < -0.4 is 0 Å². The fourth-order valence-electron chi connectivity index (χ4n) is 5.21. The molecule has 0 aromatic rings. The van der Waals surface area contributed by atoms with Crippen molar-refractivity contribution in [2.45, 2.75) is 131 Å². The minimum Gasteiger partial charge on any atom is -0.0691 e. The Morgan fingerprint density at radius 2 is 0.640 bits per heavy atom. The van der Waals surface area contributed by atoms with E-state index in [4.69, 9.17) is 0 Å². The summed E-state index contributed by atoms with van der Waals surface area (Å²) in [6.07, 6.45) is 0. The normalized spacial score (nSPS) is 13.4. The lowest BCUT2D eigenvalue weighted by Gasteiger charge is -2.39. The smallest absolute Gasteiger partial charge is 0.0581 e. The molecule has 0 atom stereocenters. The van der Waals surface area contributed by atoms with Gasteiger partial charge in [-0.1, -0.05) is 131 Å². The van der Waals surface area contributed by atoms with E-state index in [1.807, 2.05) is 0 Å². The molecule has 0 aromatic carbocycles. The molecule has 0 radical (unpaired) electrons. The van der Waals surface area contributed by atoms with Crippen molar-refractivity contribution in [2.75, 3.05) is 0 Å². The second-order valence-electron chi connectivity index (χ2n) is 11.4. The number of hydrogen-bond donors (Lipinski definition) is 0. The van der Waals surface area contributed by atoms with E-state index < -0.39 is 16.1 Å². The maximum atomic E-state index is 2.62. The SMILES string of the molecule is CC(C)C[Si](C)(CC(C)C)CC(C)C.CC(C)[Si](C)(C(C)C)C(C)C. The average Bonchev–Trinajstić information content (AvgIpc) is 2.33. The molecule has 0 rings (SSSR count). The standard InChI is InChI=1S/C13H30Si.C10H24Si/c1-11(2)8-14(7,9-12(3)4)10-13(5)6;1-8(2)11(7,9(3)4)10(5)6/h11-13H,8-10H2,1-7H3;8-10H,1-7H3. The van der Waals surface area contributed by atoms with Crippen LogP contribution in [0.15, 0.2) is 0 Å². The van der Waals surface area contributed by atoms with Gasteiger partial charge in [0.1, 0.15) is 0 Å². The molecule has 0 aliphatic heterocycles. The molecule has 25 heavy (non-hydrogen) atoms. The van der Waals surface area contributed by atoms with Crippen LogP contribution in [-0.4, -0.2) is 16.1 Å². The van der Waals surface area contributed by atoms with Gasteiger partial charge in [-0.3, -0.25) is 0 Å².